The summed E-state index contributed by atoms with van der Waals surface area (Å²) in [6, 6.07) is 0. The minimum absolute atomic E-state index is 0. The monoisotopic (exact) mass is 249 g/mol. The van der Waals surface area contributed by atoms with Crippen LogP contribution in [0.2, 0.25) is 0 Å². The predicted octanol–water partition coefficient (Wildman–Crippen LogP) is -0.340. The third-order valence-corrected chi connectivity index (χ3v) is 2.47. The highest BCUT2D eigenvalue weighted by atomic mass is 35.5. The first kappa shape index (κ1) is 15.2. The van der Waals surface area contributed by atoms with Crippen LogP contribution in [0.3, 0.4) is 0 Å². The van der Waals surface area contributed by atoms with Gasteiger partial charge >= 0.3 is 0 Å². The van der Waals surface area contributed by atoms with E-state index in [0.29, 0.717) is 13.1 Å². The molecule has 1 rings (SSSR count). The Morgan fingerprint density at radius 3 is 2.56 bits per heavy atom. The van der Waals surface area contributed by atoms with Gasteiger partial charge in [0.05, 0.1) is 5.92 Å². The lowest BCUT2D eigenvalue weighted by molar-refractivity contribution is -0.125. The molecule has 94 valence electrons. The van der Waals surface area contributed by atoms with Crippen LogP contribution in [0, 0.1) is 5.92 Å². The maximum Gasteiger partial charge on any atom is 0.224 e. The highest BCUT2D eigenvalue weighted by Gasteiger charge is 2.19. The molecule has 6 heteroatoms. The maximum absolute atomic E-state index is 11.6. The highest BCUT2D eigenvalue weighted by molar-refractivity contribution is 5.85. The summed E-state index contributed by atoms with van der Waals surface area (Å²) in [7, 11) is 0. The molecule has 0 aromatic carbocycles. The van der Waals surface area contributed by atoms with Crippen LogP contribution in [0.15, 0.2) is 0 Å². The van der Waals surface area contributed by atoms with Crippen LogP contribution in [0.25, 0.3) is 0 Å². The van der Waals surface area contributed by atoms with E-state index in [1.807, 2.05) is 0 Å². The summed E-state index contributed by atoms with van der Waals surface area (Å²) in [6.45, 7) is 4.25. The van der Waals surface area contributed by atoms with Gasteiger partial charge in [-0.25, -0.2) is 0 Å². The van der Waals surface area contributed by atoms with E-state index in [1.165, 1.54) is 6.92 Å². The lowest BCUT2D eigenvalue weighted by Crippen LogP contribution is -2.42. The van der Waals surface area contributed by atoms with E-state index in [-0.39, 0.29) is 30.1 Å². The Hall–Kier alpha value is -0.810. The van der Waals surface area contributed by atoms with Gasteiger partial charge in [0.15, 0.2) is 0 Å². The minimum atomic E-state index is -0.0661. The topological polar surface area (TPSA) is 70.2 Å². The van der Waals surface area contributed by atoms with Crippen molar-refractivity contribution in [1.29, 1.82) is 0 Å². The summed E-state index contributed by atoms with van der Waals surface area (Å²) in [6.07, 6.45) is 2.02. The van der Waals surface area contributed by atoms with Gasteiger partial charge in [-0.15, -0.1) is 12.4 Å². The Balaban J connectivity index is 0.00000225. The van der Waals surface area contributed by atoms with E-state index >= 15 is 0 Å². The first-order valence-corrected chi connectivity index (χ1v) is 5.43. The summed E-state index contributed by atoms with van der Waals surface area (Å²) < 4.78 is 0. The summed E-state index contributed by atoms with van der Waals surface area (Å²) in [5.74, 6) is 0.118. The molecule has 0 aliphatic carbocycles. The quantitative estimate of drug-likeness (QED) is 0.597. The summed E-state index contributed by atoms with van der Waals surface area (Å²) in [5, 5.41) is 8.64. The largest absolute Gasteiger partial charge is 0.355 e. The van der Waals surface area contributed by atoms with Gasteiger partial charge in [0, 0.05) is 26.6 Å². The second-order valence-corrected chi connectivity index (χ2v) is 3.82. The Labute approximate surface area is 102 Å². The van der Waals surface area contributed by atoms with E-state index < -0.39 is 0 Å². The molecule has 16 heavy (non-hydrogen) atoms. The van der Waals surface area contributed by atoms with E-state index in [2.05, 4.69) is 16.0 Å². The van der Waals surface area contributed by atoms with Crippen molar-refractivity contribution >= 4 is 24.2 Å². The predicted molar refractivity (Wildman–Crippen MR) is 64.5 cm³/mol. The molecule has 0 radical (unpaired) electrons. The van der Waals surface area contributed by atoms with E-state index in [9.17, 15) is 9.59 Å². The first-order chi connectivity index (χ1) is 7.20. The van der Waals surface area contributed by atoms with Crippen LogP contribution < -0.4 is 16.0 Å². The summed E-state index contributed by atoms with van der Waals surface area (Å²) in [4.78, 5) is 22.1. The molecule has 1 aliphatic heterocycles. The van der Waals surface area contributed by atoms with E-state index in [4.69, 9.17) is 0 Å². The third-order valence-electron chi connectivity index (χ3n) is 2.47. The normalized spacial score (nSPS) is 19.4. The van der Waals surface area contributed by atoms with Gasteiger partial charge in [-0.05, 0) is 19.4 Å². The molecule has 1 atom stereocenters. The number of hydrogen-bond donors (Lipinski definition) is 3. The van der Waals surface area contributed by atoms with Crippen molar-refractivity contribution in [2.45, 2.75) is 19.8 Å². The van der Waals surface area contributed by atoms with Gasteiger partial charge in [-0.3, -0.25) is 9.59 Å². The van der Waals surface area contributed by atoms with Crippen LogP contribution in [0.1, 0.15) is 19.8 Å². The van der Waals surface area contributed by atoms with Crippen molar-refractivity contribution in [2.24, 2.45) is 5.92 Å². The molecule has 1 saturated heterocycles. The van der Waals surface area contributed by atoms with Crippen molar-refractivity contribution < 1.29 is 9.59 Å². The molecule has 0 bridgehead atoms. The second-order valence-electron chi connectivity index (χ2n) is 3.82. The molecule has 2 amide bonds. The van der Waals surface area contributed by atoms with Crippen LogP contribution in [0.5, 0.6) is 0 Å². The van der Waals surface area contributed by atoms with E-state index in [1.54, 1.807) is 0 Å². The van der Waals surface area contributed by atoms with Crippen LogP contribution >= 0.6 is 12.4 Å². The number of rotatable bonds is 4. The second kappa shape index (κ2) is 8.35. The molecule has 3 N–H and O–H groups in total. The van der Waals surface area contributed by atoms with Crippen LogP contribution in [-0.2, 0) is 9.59 Å². The standard InChI is InChI=1S/C10H19N3O2.ClH/c1-8(14)12-5-6-13-10(15)9-3-2-4-11-7-9;/h9,11H,2-7H2,1H3,(H,12,14)(H,13,15);1H. The van der Waals surface area contributed by atoms with Crippen molar-refractivity contribution in [3.63, 3.8) is 0 Å². The smallest absolute Gasteiger partial charge is 0.224 e. The van der Waals surface area contributed by atoms with Gasteiger partial charge < -0.3 is 16.0 Å². The first-order valence-electron chi connectivity index (χ1n) is 5.43. The Kier molecular flexibility index (Phi) is 7.93. The van der Waals surface area contributed by atoms with Gasteiger partial charge in [0.25, 0.3) is 0 Å². The number of piperidine rings is 1. The molecule has 1 fully saturated rings. The van der Waals surface area contributed by atoms with Gasteiger partial charge in [-0.1, -0.05) is 0 Å². The Morgan fingerprint density at radius 2 is 2.00 bits per heavy atom. The molecule has 0 aromatic rings. The van der Waals surface area contributed by atoms with Crippen molar-refractivity contribution in [2.75, 3.05) is 26.2 Å². The molecule has 0 aromatic heterocycles. The van der Waals surface area contributed by atoms with Crippen LogP contribution in [-0.4, -0.2) is 38.0 Å². The van der Waals surface area contributed by atoms with Crippen LogP contribution in [0.4, 0.5) is 0 Å². The molecule has 5 nitrogen and oxygen atoms in total. The van der Waals surface area contributed by atoms with Gasteiger partial charge in [0.2, 0.25) is 11.8 Å². The Bertz CT molecular complexity index is 230. The number of amides is 2. The summed E-state index contributed by atoms with van der Waals surface area (Å²) in [5.41, 5.74) is 0. The Morgan fingerprint density at radius 1 is 1.31 bits per heavy atom. The van der Waals surface area contributed by atoms with Crippen molar-refractivity contribution in [3.8, 4) is 0 Å². The number of carbonyl (C=O) groups is 2. The van der Waals surface area contributed by atoms with Gasteiger partial charge in [-0.2, -0.15) is 0 Å². The van der Waals surface area contributed by atoms with E-state index in [0.717, 1.165) is 25.9 Å². The van der Waals surface area contributed by atoms with Crippen molar-refractivity contribution in [1.82, 2.24) is 16.0 Å². The molecule has 1 unspecified atom stereocenters. The fourth-order valence-electron chi connectivity index (χ4n) is 1.64. The number of carbonyl (C=O) groups excluding carboxylic acids is 2. The fraction of sp³-hybridized carbons (Fsp3) is 0.800. The lowest BCUT2D eigenvalue weighted by atomic mass is 9.99. The zero-order valence-corrected chi connectivity index (χ0v) is 10.4. The molecule has 1 heterocycles. The number of nitrogens with one attached hydrogen (secondary N) is 3. The molecular formula is C10H20ClN3O2. The SMILES string of the molecule is CC(=O)NCCNC(=O)C1CCCNC1.Cl. The zero-order chi connectivity index (χ0) is 11.1. The highest BCUT2D eigenvalue weighted by Crippen LogP contribution is 2.09. The molecular weight excluding hydrogens is 230 g/mol. The molecule has 0 spiro atoms. The summed E-state index contributed by atoms with van der Waals surface area (Å²) >= 11 is 0. The minimum Gasteiger partial charge on any atom is -0.355 e. The lowest BCUT2D eigenvalue weighted by Gasteiger charge is -2.21. The molecule has 0 saturated carbocycles. The average molecular weight is 250 g/mol. The number of hydrogen-bond acceptors (Lipinski definition) is 3. The fourth-order valence-corrected chi connectivity index (χ4v) is 1.64. The maximum atomic E-state index is 11.6. The zero-order valence-electron chi connectivity index (χ0n) is 9.54. The van der Waals surface area contributed by atoms with Crippen molar-refractivity contribution in [3.05, 3.63) is 0 Å². The third kappa shape index (κ3) is 5.92. The van der Waals surface area contributed by atoms with Gasteiger partial charge in [0.1, 0.15) is 0 Å². The molecule has 1 aliphatic rings. The average Bonchev–Trinajstić information content (AvgIpc) is 2.25. The number of halogens is 1.